The van der Waals surface area contributed by atoms with Crippen LogP contribution in [0.25, 0.3) is 15.3 Å². The first-order valence-corrected chi connectivity index (χ1v) is 7.48. The summed E-state index contributed by atoms with van der Waals surface area (Å²) in [6.45, 7) is 2.11. The Balaban J connectivity index is 2.32. The van der Waals surface area contributed by atoms with Gasteiger partial charge in [-0.05, 0) is 0 Å². The van der Waals surface area contributed by atoms with Crippen molar-refractivity contribution < 1.29 is 0 Å². The second kappa shape index (κ2) is 4.56. The van der Waals surface area contributed by atoms with E-state index in [1.54, 1.807) is 6.20 Å². The Kier molecular flexibility index (Phi) is 2.90. The van der Waals surface area contributed by atoms with Gasteiger partial charge in [0.2, 0.25) is 0 Å². The molecule has 0 bridgehead atoms. The van der Waals surface area contributed by atoms with Crippen molar-refractivity contribution in [3.05, 3.63) is 58.6 Å². The zero-order valence-corrected chi connectivity index (χ0v) is 11.7. The molecule has 0 aliphatic heterocycles. The standard InChI is InChI=1S/C14H12N2OSe/c1-2-10-5-3-4-6-12(10)16-14(17)11-7-8-15-9-13(11)18-16/h3-9H,2H2,1H3. The minimum atomic E-state index is 0.00590. The van der Waals surface area contributed by atoms with Gasteiger partial charge in [0.15, 0.2) is 0 Å². The first kappa shape index (κ1) is 11.4. The van der Waals surface area contributed by atoms with Gasteiger partial charge in [-0.1, -0.05) is 0 Å². The van der Waals surface area contributed by atoms with Gasteiger partial charge in [0, 0.05) is 0 Å². The monoisotopic (exact) mass is 304 g/mol. The molecule has 4 heteroatoms. The molecule has 2 aromatic heterocycles. The average Bonchev–Trinajstić information content (AvgIpc) is 2.76. The van der Waals surface area contributed by atoms with E-state index in [1.807, 2.05) is 34.0 Å². The summed E-state index contributed by atoms with van der Waals surface area (Å²) in [6.07, 6.45) is 4.43. The average molecular weight is 303 g/mol. The molecule has 0 unspecified atom stereocenters. The van der Waals surface area contributed by atoms with Crippen LogP contribution in [0.1, 0.15) is 12.5 Å². The second-order valence-electron chi connectivity index (χ2n) is 4.04. The first-order valence-electron chi connectivity index (χ1n) is 5.85. The van der Waals surface area contributed by atoms with E-state index in [-0.39, 0.29) is 20.3 Å². The summed E-state index contributed by atoms with van der Waals surface area (Å²) in [5.41, 5.74) is 2.36. The van der Waals surface area contributed by atoms with Crippen LogP contribution >= 0.6 is 0 Å². The minimum absolute atomic E-state index is 0.00590. The molecule has 18 heavy (non-hydrogen) atoms. The molecule has 0 aliphatic rings. The van der Waals surface area contributed by atoms with E-state index in [1.165, 1.54) is 5.56 Å². The van der Waals surface area contributed by atoms with Crippen LogP contribution in [0.15, 0.2) is 47.5 Å². The Bertz CT molecular complexity index is 758. The molecule has 2 heterocycles. The van der Waals surface area contributed by atoms with Crippen LogP contribution in [0.3, 0.4) is 0 Å². The van der Waals surface area contributed by atoms with Gasteiger partial charge in [0.25, 0.3) is 0 Å². The molecule has 0 N–H and O–H groups in total. The summed E-state index contributed by atoms with van der Waals surface area (Å²) in [4.78, 5) is 16.5. The number of para-hydroxylation sites is 1. The molecule has 3 nitrogen and oxygen atoms in total. The molecule has 0 amide bonds. The molecule has 90 valence electrons. The molecule has 3 rings (SSSR count). The maximum absolute atomic E-state index is 12.4. The predicted molar refractivity (Wildman–Crippen MR) is 73.7 cm³/mol. The Morgan fingerprint density at radius 2 is 2.11 bits per heavy atom. The Morgan fingerprint density at radius 3 is 2.89 bits per heavy atom. The number of hydrogen-bond acceptors (Lipinski definition) is 2. The van der Waals surface area contributed by atoms with Crippen LogP contribution < -0.4 is 5.56 Å². The summed E-state index contributed by atoms with van der Waals surface area (Å²) in [5, 5.41) is 0.802. The quantitative estimate of drug-likeness (QED) is 0.679. The van der Waals surface area contributed by atoms with Crippen LogP contribution in [-0.2, 0) is 6.42 Å². The number of fused-ring (bicyclic) bond motifs is 1. The Hall–Kier alpha value is -1.64. The van der Waals surface area contributed by atoms with Gasteiger partial charge in [0.05, 0.1) is 0 Å². The van der Waals surface area contributed by atoms with Crippen molar-refractivity contribution in [1.29, 1.82) is 0 Å². The van der Waals surface area contributed by atoms with Crippen LogP contribution in [0.5, 0.6) is 0 Å². The Labute approximate surface area is 111 Å². The molecule has 0 fully saturated rings. The number of hydrogen-bond donors (Lipinski definition) is 0. The summed E-state index contributed by atoms with van der Waals surface area (Å²) >= 11 is 0.00590. The fourth-order valence-electron chi connectivity index (χ4n) is 2.05. The number of pyridine rings is 1. The van der Waals surface area contributed by atoms with E-state index in [4.69, 9.17) is 0 Å². The summed E-state index contributed by atoms with van der Waals surface area (Å²) < 4.78 is 2.97. The molecule has 1 aromatic carbocycles. The number of benzene rings is 1. The van der Waals surface area contributed by atoms with Crippen molar-refractivity contribution in [3.63, 3.8) is 0 Å². The molecule has 0 atom stereocenters. The van der Waals surface area contributed by atoms with Crippen LogP contribution in [0, 0.1) is 0 Å². The van der Waals surface area contributed by atoms with E-state index >= 15 is 0 Å². The normalized spacial score (nSPS) is 10.9. The van der Waals surface area contributed by atoms with Crippen molar-refractivity contribution in [2.75, 3.05) is 0 Å². The third-order valence-electron chi connectivity index (χ3n) is 2.98. The van der Waals surface area contributed by atoms with E-state index < -0.39 is 0 Å². The third-order valence-corrected chi connectivity index (χ3v) is 5.22. The Morgan fingerprint density at radius 1 is 1.28 bits per heavy atom. The van der Waals surface area contributed by atoms with E-state index in [0.717, 1.165) is 21.8 Å². The van der Waals surface area contributed by atoms with Crippen molar-refractivity contribution in [3.8, 4) is 5.69 Å². The van der Waals surface area contributed by atoms with Gasteiger partial charge in [-0.3, -0.25) is 0 Å². The number of aromatic nitrogens is 2. The van der Waals surface area contributed by atoms with Gasteiger partial charge < -0.3 is 0 Å². The third kappa shape index (κ3) is 1.74. The molecule has 0 radical (unpaired) electrons. The zero-order chi connectivity index (χ0) is 12.5. The second-order valence-corrected chi connectivity index (χ2v) is 6.12. The topological polar surface area (TPSA) is 34.9 Å². The molecule has 3 aromatic rings. The van der Waals surface area contributed by atoms with Crippen molar-refractivity contribution in [1.82, 2.24) is 8.55 Å². The summed E-state index contributed by atoms with van der Waals surface area (Å²) in [7, 11) is 0. The number of nitrogens with zero attached hydrogens (tertiary/aromatic N) is 2. The molecule has 0 saturated carbocycles. The molecule has 0 saturated heterocycles. The molecule has 0 aliphatic carbocycles. The summed E-state index contributed by atoms with van der Waals surface area (Å²) in [5.74, 6) is 0. The molecule has 0 spiro atoms. The molecular weight excluding hydrogens is 291 g/mol. The maximum atomic E-state index is 12.4. The zero-order valence-electron chi connectivity index (χ0n) is 9.96. The fourth-order valence-corrected chi connectivity index (χ4v) is 4.18. The van der Waals surface area contributed by atoms with Gasteiger partial charge in [-0.15, -0.1) is 0 Å². The number of aryl methyl sites for hydroxylation is 1. The van der Waals surface area contributed by atoms with Crippen molar-refractivity contribution in [2.24, 2.45) is 0 Å². The number of rotatable bonds is 2. The van der Waals surface area contributed by atoms with E-state index in [9.17, 15) is 4.79 Å². The van der Waals surface area contributed by atoms with Crippen molar-refractivity contribution >= 4 is 24.4 Å². The summed E-state index contributed by atoms with van der Waals surface area (Å²) in [6, 6.07) is 9.93. The SMILES string of the molecule is CCc1ccccc1-n1[se]c2cnccc2c1=O. The first-order chi connectivity index (χ1) is 8.81. The van der Waals surface area contributed by atoms with Gasteiger partial charge in [-0.2, -0.15) is 0 Å². The van der Waals surface area contributed by atoms with Crippen LogP contribution in [0.4, 0.5) is 0 Å². The van der Waals surface area contributed by atoms with E-state index in [2.05, 4.69) is 18.0 Å². The molecular formula is C14H12N2OSe. The van der Waals surface area contributed by atoms with Gasteiger partial charge >= 0.3 is 111 Å². The van der Waals surface area contributed by atoms with Crippen LogP contribution in [-0.4, -0.2) is 23.3 Å². The fraction of sp³-hybridized carbons (Fsp3) is 0.143. The van der Waals surface area contributed by atoms with Gasteiger partial charge in [0.1, 0.15) is 0 Å². The van der Waals surface area contributed by atoms with E-state index in [0.29, 0.717) is 0 Å². The van der Waals surface area contributed by atoms with Crippen LogP contribution in [0.2, 0.25) is 0 Å². The predicted octanol–water partition coefficient (Wildman–Crippen LogP) is 2.01. The van der Waals surface area contributed by atoms with Crippen molar-refractivity contribution in [2.45, 2.75) is 13.3 Å². The van der Waals surface area contributed by atoms with Gasteiger partial charge in [-0.25, -0.2) is 0 Å².